The number of benzene rings is 2. The van der Waals surface area contributed by atoms with Gasteiger partial charge in [-0.15, -0.1) is 0 Å². The third kappa shape index (κ3) is 6.40. The second-order valence-corrected chi connectivity index (χ2v) is 7.28. The van der Waals surface area contributed by atoms with Crippen molar-refractivity contribution in [2.75, 3.05) is 0 Å². The average Bonchev–Trinajstić information content (AvgIpc) is 3.35. The van der Waals surface area contributed by atoms with Crippen LogP contribution in [0.5, 0.6) is 5.75 Å². The minimum absolute atomic E-state index is 0.138. The molecule has 1 N–H and O–H groups in total. The van der Waals surface area contributed by atoms with Crippen molar-refractivity contribution in [2.45, 2.75) is 19.7 Å². The summed E-state index contributed by atoms with van der Waals surface area (Å²) in [6, 6.07) is 21.5. The zero-order chi connectivity index (χ0) is 22.0. The first-order valence-corrected chi connectivity index (χ1v) is 10.4. The predicted octanol–water partition coefficient (Wildman–Crippen LogP) is 4.24. The standard InChI is InChI=1S/C26H24N4O2/c31-26(29-17-22-4-3-5-23(16-22)18-30-15-14-27-20-30)12-9-21-7-10-25(11-8-21)32-19-24-6-1-2-13-28-24/h1-16,20H,17-19H2,(H,29,31)/b12-9+. The Morgan fingerprint density at radius 1 is 1.00 bits per heavy atom. The highest BCUT2D eigenvalue weighted by Gasteiger charge is 2.01. The molecule has 0 aliphatic heterocycles. The first-order chi connectivity index (χ1) is 15.7. The summed E-state index contributed by atoms with van der Waals surface area (Å²) >= 11 is 0. The molecule has 2 heterocycles. The molecule has 0 aliphatic rings. The quantitative estimate of drug-likeness (QED) is 0.408. The maximum absolute atomic E-state index is 12.2. The van der Waals surface area contributed by atoms with E-state index in [0.717, 1.165) is 34.7 Å². The van der Waals surface area contributed by atoms with Crippen LogP contribution in [0, 0.1) is 0 Å². The summed E-state index contributed by atoms with van der Waals surface area (Å²) in [5, 5.41) is 2.93. The van der Waals surface area contributed by atoms with Gasteiger partial charge in [0.2, 0.25) is 5.91 Å². The number of carbonyl (C=O) groups is 1. The molecule has 0 unspecified atom stereocenters. The van der Waals surface area contributed by atoms with Crippen molar-refractivity contribution in [3.8, 4) is 5.75 Å². The van der Waals surface area contributed by atoms with Crippen LogP contribution in [0.25, 0.3) is 6.08 Å². The molecule has 4 aromatic rings. The Labute approximate surface area is 187 Å². The Morgan fingerprint density at radius 3 is 2.66 bits per heavy atom. The van der Waals surface area contributed by atoms with E-state index in [1.807, 2.05) is 65.4 Å². The molecule has 0 radical (unpaired) electrons. The lowest BCUT2D eigenvalue weighted by Crippen LogP contribution is -2.20. The number of nitrogens with zero attached hydrogens (tertiary/aromatic N) is 3. The number of ether oxygens (including phenoxy) is 1. The van der Waals surface area contributed by atoms with Gasteiger partial charge < -0.3 is 14.6 Å². The maximum atomic E-state index is 12.2. The Hall–Kier alpha value is -4.19. The number of imidazole rings is 1. The number of carbonyl (C=O) groups excluding carboxylic acids is 1. The zero-order valence-electron chi connectivity index (χ0n) is 17.6. The highest BCUT2D eigenvalue weighted by atomic mass is 16.5. The van der Waals surface area contributed by atoms with Crippen LogP contribution in [0.4, 0.5) is 0 Å². The Bertz CT molecular complexity index is 1150. The van der Waals surface area contributed by atoms with Gasteiger partial charge in [-0.2, -0.15) is 0 Å². The van der Waals surface area contributed by atoms with Gasteiger partial charge in [0, 0.05) is 37.8 Å². The molecule has 6 heteroatoms. The molecule has 0 saturated heterocycles. The van der Waals surface area contributed by atoms with Crippen LogP contribution in [0.2, 0.25) is 0 Å². The summed E-state index contributed by atoms with van der Waals surface area (Å²) in [5.41, 5.74) is 4.02. The fourth-order valence-corrected chi connectivity index (χ4v) is 3.17. The number of aromatic nitrogens is 3. The van der Waals surface area contributed by atoms with E-state index in [2.05, 4.69) is 27.4 Å². The van der Waals surface area contributed by atoms with E-state index in [4.69, 9.17) is 4.74 Å². The molecule has 160 valence electrons. The van der Waals surface area contributed by atoms with Crippen LogP contribution in [0.15, 0.2) is 97.7 Å². The predicted molar refractivity (Wildman–Crippen MR) is 124 cm³/mol. The molecular weight excluding hydrogens is 400 g/mol. The van der Waals surface area contributed by atoms with Gasteiger partial charge in [-0.3, -0.25) is 9.78 Å². The van der Waals surface area contributed by atoms with E-state index in [0.29, 0.717) is 13.2 Å². The van der Waals surface area contributed by atoms with Crippen LogP contribution in [0.3, 0.4) is 0 Å². The molecule has 1 amide bonds. The second-order valence-electron chi connectivity index (χ2n) is 7.28. The third-order valence-corrected chi connectivity index (χ3v) is 4.80. The van der Waals surface area contributed by atoms with Crippen LogP contribution in [0.1, 0.15) is 22.4 Å². The molecule has 0 aliphatic carbocycles. The minimum atomic E-state index is -0.138. The molecule has 0 atom stereocenters. The molecule has 0 spiro atoms. The summed E-state index contributed by atoms with van der Waals surface area (Å²) in [5.74, 6) is 0.619. The first kappa shape index (κ1) is 21.1. The molecule has 4 rings (SSSR count). The number of nitrogens with one attached hydrogen (secondary N) is 1. The summed E-state index contributed by atoms with van der Waals surface area (Å²) in [4.78, 5) is 20.5. The lowest BCUT2D eigenvalue weighted by molar-refractivity contribution is -0.116. The topological polar surface area (TPSA) is 69.0 Å². The van der Waals surface area contributed by atoms with Gasteiger partial charge in [-0.25, -0.2) is 4.98 Å². The summed E-state index contributed by atoms with van der Waals surface area (Å²) in [6.45, 7) is 1.65. The number of pyridine rings is 1. The van der Waals surface area contributed by atoms with Crippen molar-refractivity contribution in [3.05, 3.63) is 120 Å². The normalized spacial score (nSPS) is 10.9. The van der Waals surface area contributed by atoms with Crippen molar-refractivity contribution in [2.24, 2.45) is 0 Å². The molecule has 2 aromatic heterocycles. The van der Waals surface area contributed by atoms with Crippen LogP contribution < -0.4 is 10.1 Å². The van der Waals surface area contributed by atoms with Gasteiger partial charge in [0.15, 0.2) is 0 Å². The SMILES string of the molecule is O=C(/C=C/c1ccc(OCc2ccccn2)cc1)NCc1cccc(Cn2ccnc2)c1. The van der Waals surface area contributed by atoms with E-state index in [-0.39, 0.29) is 5.91 Å². The Kier molecular flexibility index (Phi) is 7.06. The highest BCUT2D eigenvalue weighted by molar-refractivity contribution is 5.91. The third-order valence-electron chi connectivity index (χ3n) is 4.80. The van der Waals surface area contributed by atoms with E-state index in [9.17, 15) is 4.79 Å². The fourth-order valence-electron chi connectivity index (χ4n) is 3.17. The largest absolute Gasteiger partial charge is 0.487 e. The van der Waals surface area contributed by atoms with Gasteiger partial charge in [0.1, 0.15) is 12.4 Å². The van der Waals surface area contributed by atoms with Gasteiger partial charge >= 0.3 is 0 Å². The van der Waals surface area contributed by atoms with Crippen LogP contribution in [-0.2, 0) is 24.5 Å². The molecular formula is C26H24N4O2. The summed E-state index contributed by atoms with van der Waals surface area (Å²) in [7, 11) is 0. The highest BCUT2D eigenvalue weighted by Crippen LogP contribution is 2.14. The molecule has 6 nitrogen and oxygen atoms in total. The number of amides is 1. The molecule has 0 fully saturated rings. The Morgan fingerprint density at radius 2 is 1.88 bits per heavy atom. The van der Waals surface area contributed by atoms with Gasteiger partial charge in [-0.1, -0.05) is 42.5 Å². The minimum Gasteiger partial charge on any atom is -0.487 e. The van der Waals surface area contributed by atoms with E-state index < -0.39 is 0 Å². The van der Waals surface area contributed by atoms with E-state index in [1.165, 1.54) is 0 Å². The Balaban J connectivity index is 1.24. The number of rotatable bonds is 9. The van der Waals surface area contributed by atoms with Crippen molar-refractivity contribution < 1.29 is 9.53 Å². The fraction of sp³-hybridized carbons (Fsp3) is 0.115. The van der Waals surface area contributed by atoms with Crippen LogP contribution in [-0.4, -0.2) is 20.4 Å². The average molecular weight is 425 g/mol. The van der Waals surface area contributed by atoms with Crippen molar-refractivity contribution in [1.29, 1.82) is 0 Å². The van der Waals surface area contributed by atoms with E-state index in [1.54, 1.807) is 30.9 Å². The number of hydrogen-bond donors (Lipinski definition) is 1. The molecule has 0 bridgehead atoms. The van der Waals surface area contributed by atoms with Crippen molar-refractivity contribution >= 4 is 12.0 Å². The smallest absolute Gasteiger partial charge is 0.244 e. The molecule has 0 saturated carbocycles. The van der Waals surface area contributed by atoms with Gasteiger partial charge in [-0.05, 0) is 47.0 Å². The van der Waals surface area contributed by atoms with Crippen molar-refractivity contribution in [1.82, 2.24) is 19.9 Å². The first-order valence-electron chi connectivity index (χ1n) is 10.4. The lowest BCUT2D eigenvalue weighted by atomic mass is 10.1. The summed E-state index contributed by atoms with van der Waals surface area (Å²) < 4.78 is 7.74. The zero-order valence-corrected chi connectivity index (χ0v) is 17.6. The maximum Gasteiger partial charge on any atom is 0.244 e. The second kappa shape index (κ2) is 10.7. The summed E-state index contributed by atoms with van der Waals surface area (Å²) in [6.07, 6.45) is 10.6. The number of hydrogen-bond acceptors (Lipinski definition) is 4. The van der Waals surface area contributed by atoms with Gasteiger partial charge in [0.25, 0.3) is 0 Å². The van der Waals surface area contributed by atoms with Crippen molar-refractivity contribution in [3.63, 3.8) is 0 Å². The lowest BCUT2D eigenvalue weighted by Gasteiger charge is -2.07. The molecule has 2 aromatic carbocycles. The van der Waals surface area contributed by atoms with E-state index >= 15 is 0 Å². The van der Waals surface area contributed by atoms with Gasteiger partial charge in [0.05, 0.1) is 12.0 Å². The molecule has 32 heavy (non-hydrogen) atoms. The monoisotopic (exact) mass is 424 g/mol. The van der Waals surface area contributed by atoms with Crippen LogP contribution >= 0.6 is 0 Å².